The standard InChI is InChI=1S/C6H5ClSi7/c7-14(13-12-11-10-9-8)6-4-2-1-3-5-6/h1-5H. The van der Waals surface area contributed by atoms with Gasteiger partial charge in [0, 0.05) is 52.5 Å². The van der Waals surface area contributed by atoms with Gasteiger partial charge in [0.2, 0.25) is 0 Å². The van der Waals surface area contributed by atoms with E-state index in [1.54, 1.807) is 0 Å². The van der Waals surface area contributed by atoms with E-state index >= 15 is 0 Å². The van der Waals surface area contributed by atoms with Gasteiger partial charge in [-0.25, -0.2) is 0 Å². The summed E-state index contributed by atoms with van der Waals surface area (Å²) < 4.78 is 0. The van der Waals surface area contributed by atoms with Crippen LogP contribution in [0.25, 0.3) is 0 Å². The average Bonchev–Trinajstić information content (AvgIpc) is 2.25. The molecule has 0 atom stereocenters. The van der Waals surface area contributed by atoms with E-state index in [4.69, 9.17) is 11.1 Å². The fourth-order valence-electron chi connectivity index (χ4n) is 0.805. The summed E-state index contributed by atoms with van der Waals surface area (Å²) in [6.07, 6.45) is 0. The van der Waals surface area contributed by atoms with Crippen LogP contribution in [-0.2, 0) is 0 Å². The minimum absolute atomic E-state index is 0.737. The Morgan fingerprint density at radius 3 is 2.43 bits per heavy atom. The summed E-state index contributed by atoms with van der Waals surface area (Å²) in [6.45, 7) is 0. The summed E-state index contributed by atoms with van der Waals surface area (Å²) in [6, 6.07) is 10.5. The lowest BCUT2D eigenvalue weighted by atomic mass is 10.4. The van der Waals surface area contributed by atoms with Crippen LogP contribution < -0.4 is 5.19 Å². The van der Waals surface area contributed by atoms with E-state index < -0.39 is 7.62 Å². The first-order valence-electron chi connectivity index (χ1n) is 3.85. The van der Waals surface area contributed by atoms with Crippen molar-refractivity contribution >= 4 is 76.4 Å². The van der Waals surface area contributed by atoms with Gasteiger partial charge in [-0.15, -0.1) is 0 Å². The van der Waals surface area contributed by atoms with Crippen LogP contribution >= 0.6 is 11.1 Å². The third-order valence-corrected chi connectivity index (χ3v) is 29.2. The summed E-state index contributed by atoms with van der Waals surface area (Å²) in [5.41, 5.74) is 0. The first-order valence-corrected chi connectivity index (χ1v) is 17.9. The summed E-state index contributed by atoms with van der Waals surface area (Å²) in [7, 11) is 8.11. The molecular weight excluding hydrogens is 304 g/mol. The van der Waals surface area contributed by atoms with Crippen molar-refractivity contribution < 1.29 is 0 Å². The largest absolute Gasteiger partial charge is 0.177 e. The van der Waals surface area contributed by atoms with Gasteiger partial charge in [-0.05, 0) is 5.19 Å². The molecule has 0 saturated carbocycles. The maximum atomic E-state index is 6.40. The number of hydrogen-bond donors (Lipinski definition) is 0. The van der Waals surface area contributed by atoms with Gasteiger partial charge in [-0.3, -0.25) is 0 Å². The molecule has 0 bridgehead atoms. The molecule has 0 nitrogen and oxygen atoms in total. The highest BCUT2D eigenvalue weighted by Crippen LogP contribution is 1.90. The average molecular weight is 309 g/mol. The second-order valence-corrected chi connectivity index (χ2v) is 23.3. The lowest BCUT2D eigenvalue weighted by molar-refractivity contribution is 1.77. The van der Waals surface area contributed by atoms with Gasteiger partial charge < -0.3 is 0 Å². The zero-order chi connectivity index (χ0) is 10.2. The predicted molar refractivity (Wildman–Crippen MR) is 72.2 cm³/mol. The van der Waals surface area contributed by atoms with Crippen molar-refractivity contribution in [2.24, 2.45) is 0 Å². The third-order valence-electron chi connectivity index (χ3n) is 1.39. The molecule has 14 heavy (non-hydrogen) atoms. The highest BCUT2D eigenvalue weighted by Gasteiger charge is 2.10. The maximum Gasteiger partial charge on any atom is 0.177 e. The van der Waals surface area contributed by atoms with E-state index in [0.717, 1.165) is 42.8 Å². The van der Waals surface area contributed by atoms with Gasteiger partial charge in [0.25, 0.3) is 0 Å². The molecule has 0 N–H and O–H groups in total. The Labute approximate surface area is 106 Å². The molecular formula is C6H5ClSi7. The molecule has 1 aromatic carbocycles. The normalized spacial score (nSPS) is 10.8. The van der Waals surface area contributed by atoms with Crippen molar-refractivity contribution in [3.05, 3.63) is 30.3 Å². The molecule has 0 heterocycles. The van der Waals surface area contributed by atoms with Gasteiger partial charge in [0.1, 0.15) is 0 Å². The Morgan fingerprint density at radius 2 is 1.79 bits per heavy atom. The molecule has 0 amide bonds. The Balaban J connectivity index is 2.25. The van der Waals surface area contributed by atoms with Crippen molar-refractivity contribution in [2.45, 2.75) is 0 Å². The van der Waals surface area contributed by atoms with Gasteiger partial charge in [0.05, 0.1) is 0 Å². The highest BCUT2D eigenvalue weighted by atomic mass is 35.6. The van der Waals surface area contributed by atoms with Crippen LogP contribution in [0.3, 0.4) is 0 Å². The molecule has 0 aromatic heterocycles. The number of halogens is 1. The maximum absolute atomic E-state index is 6.40. The van der Waals surface area contributed by atoms with Crippen molar-refractivity contribution in [2.75, 3.05) is 0 Å². The summed E-state index contributed by atoms with van der Waals surface area (Å²) in [4.78, 5) is 0. The van der Waals surface area contributed by atoms with E-state index in [0.29, 0.717) is 0 Å². The quantitative estimate of drug-likeness (QED) is 0.355. The number of rotatable bonds is 6. The Kier molecular flexibility index (Phi) is 7.68. The first kappa shape index (κ1) is 13.1. The molecule has 0 aliphatic carbocycles. The van der Waals surface area contributed by atoms with Crippen LogP contribution in [0.2, 0.25) is 0 Å². The molecule has 14 radical (unpaired) electrons. The zero-order valence-corrected chi connectivity index (χ0v) is 15.0. The molecule has 1 aromatic rings. The van der Waals surface area contributed by atoms with E-state index in [1.807, 2.05) is 0 Å². The van der Waals surface area contributed by atoms with Gasteiger partial charge in [-0.2, -0.15) is 11.1 Å². The monoisotopic (exact) mass is 308 g/mol. The van der Waals surface area contributed by atoms with E-state index in [9.17, 15) is 0 Å². The van der Waals surface area contributed by atoms with E-state index in [-0.39, 0.29) is 0 Å². The van der Waals surface area contributed by atoms with Crippen LogP contribution in [0.1, 0.15) is 0 Å². The topological polar surface area (TPSA) is 0 Å². The molecule has 0 saturated heterocycles. The minimum atomic E-state index is -0.737. The summed E-state index contributed by atoms with van der Waals surface area (Å²) in [5.74, 6) is 0. The molecule has 0 aliphatic rings. The Bertz CT molecular complexity index is 243. The molecule has 0 spiro atoms. The van der Waals surface area contributed by atoms with Gasteiger partial charge >= 0.3 is 0 Å². The molecule has 0 unspecified atom stereocenters. The van der Waals surface area contributed by atoms with Crippen molar-refractivity contribution in [1.29, 1.82) is 0 Å². The van der Waals surface area contributed by atoms with Crippen LogP contribution in [0, 0.1) is 0 Å². The second kappa shape index (κ2) is 8.21. The molecule has 1 rings (SSSR count). The van der Waals surface area contributed by atoms with Gasteiger partial charge in [-0.1, -0.05) is 30.3 Å². The lowest BCUT2D eigenvalue weighted by Crippen LogP contribution is -2.38. The number of benzene rings is 1. The van der Waals surface area contributed by atoms with Crippen LogP contribution in [0.4, 0.5) is 0 Å². The number of hydrogen-bond acceptors (Lipinski definition) is 0. The van der Waals surface area contributed by atoms with Crippen LogP contribution in [-0.4, -0.2) is 60.2 Å². The van der Waals surface area contributed by atoms with Crippen molar-refractivity contribution in [3.63, 3.8) is 0 Å². The van der Waals surface area contributed by atoms with Gasteiger partial charge in [0.15, 0.2) is 7.62 Å². The van der Waals surface area contributed by atoms with Crippen molar-refractivity contribution in [1.82, 2.24) is 0 Å². The first-order chi connectivity index (χ1) is 6.84. The van der Waals surface area contributed by atoms with Crippen LogP contribution in [0.15, 0.2) is 30.3 Å². The van der Waals surface area contributed by atoms with E-state index in [2.05, 4.69) is 40.1 Å². The van der Waals surface area contributed by atoms with E-state index in [1.165, 1.54) is 5.19 Å². The molecule has 8 heteroatoms. The highest BCUT2D eigenvalue weighted by molar-refractivity contribution is 7.68. The Hall–Kier alpha value is 1.03. The van der Waals surface area contributed by atoms with Crippen LogP contribution in [0.5, 0.6) is 0 Å². The molecule has 0 fully saturated rings. The zero-order valence-electron chi connectivity index (χ0n) is 7.26. The third kappa shape index (κ3) is 5.21. The lowest BCUT2D eigenvalue weighted by Gasteiger charge is -2.04. The second-order valence-electron chi connectivity index (χ2n) is 2.31. The Morgan fingerprint density at radius 1 is 1.07 bits per heavy atom. The van der Waals surface area contributed by atoms with Crippen molar-refractivity contribution in [3.8, 4) is 0 Å². The minimum Gasteiger partial charge on any atom is -0.167 e. The fourth-order valence-corrected chi connectivity index (χ4v) is 34.9. The smallest absolute Gasteiger partial charge is 0.167 e. The molecule has 64 valence electrons. The predicted octanol–water partition coefficient (Wildman–Crippen LogP) is -1.11. The SMILES string of the molecule is [Si][Si][Si][Si][Si][Si][Si](Cl)c1ccccc1. The summed E-state index contributed by atoms with van der Waals surface area (Å²) in [5, 5.41) is 1.37. The molecule has 0 aliphatic heterocycles. The fraction of sp³-hybridized carbons (Fsp3) is 0. The summed E-state index contributed by atoms with van der Waals surface area (Å²) >= 11 is 6.40.